The average Bonchev–Trinajstić information content (AvgIpc) is 3.53. The molecule has 0 aliphatic carbocycles. The van der Waals surface area contributed by atoms with Crippen molar-refractivity contribution >= 4 is 79.7 Å². The summed E-state index contributed by atoms with van der Waals surface area (Å²) in [5.74, 6) is -5.13. The summed E-state index contributed by atoms with van der Waals surface area (Å²) in [5.41, 5.74) is 3.80. The van der Waals surface area contributed by atoms with Gasteiger partial charge in [0.2, 0.25) is 39.6 Å². The number of nitrogens with two attached hydrogens (primary N) is 1. The van der Waals surface area contributed by atoms with E-state index in [-0.39, 0.29) is 18.9 Å². The number of carbonyl (C=O) groups is 6. The van der Waals surface area contributed by atoms with E-state index in [1.807, 2.05) is 6.07 Å². The lowest BCUT2D eigenvalue weighted by Gasteiger charge is -2.36. The summed E-state index contributed by atoms with van der Waals surface area (Å²) >= 11 is 7.63. The van der Waals surface area contributed by atoms with Gasteiger partial charge in [-0.05, 0) is 83.2 Å². The van der Waals surface area contributed by atoms with Crippen LogP contribution in [0.2, 0.25) is 5.02 Å². The maximum atomic E-state index is 13.9. The molecule has 56 heavy (non-hydrogen) atoms. The van der Waals surface area contributed by atoms with Crippen LogP contribution in [0.25, 0.3) is 0 Å². The molecule has 3 rings (SSSR count). The predicted octanol–water partition coefficient (Wildman–Crippen LogP) is 2.72. The normalized spacial score (nSPS) is 16.4. The molecule has 1 saturated heterocycles. The van der Waals surface area contributed by atoms with Crippen LogP contribution in [0.4, 0.5) is 13.2 Å². The number of carboxylic acids is 1. The summed E-state index contributed by atoms with van der Waals surface area (Å²) in [5, 5.41) is 16.4. The summed E-state index contributed by atoms with van der Waals surface area (Å²) < 4.78 is 68.0. The molecule has 7 N–H and O–H groups in total. The largest absolute Gasteiger partial charge is 0.480 e. The van der Waals surface area contributed by atoms with Gasteiger partial charge in [-0.3, -0.25) is 28.8 Å². The zero-order valence-corrected chi connectivity index (χ0v) is 34.3. The van der Waals surface area contributed by atoms with Crippen molar-refractivity contribution in [3.63, 3.8) is 0 Å². The number of likely N-dealkylation sites (tertiary alicyclic amines) is 1. The van der Waals surface area contributed by atoms with Crippen molar-refractivity contribution in [2.75, 3.05) is 13.1 Å². The second-order valence-electron chi connectivity index (χ2n) is 14.2. The van der Waals surface area contributed by atoms with Crippen molar-refractivity contribution < 1.29 is 55.5 Å². The summed E-state index contributed by atoms with van der Waals surface area (Å²) in [7, 11) is -4.83. The maximum Gasteiger partial charge on any atom is 0.417 e. The van der Waals surface area contributed by atoms with Crippen LogP contribution in [-0.2, 0) is 51.4 Å². The van der Waals surface area contributed by atoms with Gasteiger partial charge in [-0.15, -0.1) is 0 Å². The number of hydrogen-bond donors (Lipinski definition) is 6. The van der Waals surface area contributed by atoms with Crippen LogP contribution >= 0.6 is 34.2 Å². The third-order valence-corrected chi connectivity index (χ3v) is 11.2. The average molecular weight is 943 g/mol. The number of sulfonamides is 1. The van der Waals surface area contributed by atoms with Gasteiger partial charge in [-0.2, -0.15) is 17.9 Å². The van der Waals surface area contributed by atoms with Crippen molar-refractivity contribution in [1.29, 1.82) is 0 Å². The molecule has 15 nitrogen and oxygen atoms in total. The summed E-state index contributed by atoms with van der Waals surface area (Å²) in [6, 6.07) is 4.11. The minimum absolute atomic E-state index is 0.0139. The van der Waals surface area contributed by atoms with E-state index in [1.54, 1.807) is 43.7 Å². The topological polar surface area (TPSA) is 234 Å². The van der Waals surface area contributed by atoms with Crippen LogP contribution < -0.4 is 26.4 Å². The fourth-order valence-electron chi connectivity index (χ4n) is 5.90. The molecule has 4 atom stereocenters. The molecule has 2 aromatic rings. The van der Waals surface area contributed by atoms with Crippen LogP contribution in [0.15, 0.2) is 47.4 Å². The molecule has 21 heteroatoms. The highest BCUT2D eigenvalue weighted by Crippen LogP contribution is 2.36. The number of nitrogens with zero attached hydrogens (tertiary/aromatic N) is 1. The molecular formula is C35H43ClF3IN6O9S. The Bertz CT molecular complexity index is 1930. The molecule has 0 bridgehead atoms. The van der Waals surface area contributed by atoms with Gasteiger partial charge in [0, 0.05) is 35.4 Å². The first kappa shape index (κ1) is 46.4. The van der Waals surface area contributed by atoms with Crippen molar-refractivity contribution in [1.82, 2.24) is 25.6 Å². The SMILES string of the molecule is CC(C)(C)[C@H](NC(=O)[C@H](Cc1cccc(I)c1)NC(=O)CNC(=O)CC[C@H](NS(=O)(=O)c1ccc(Cl)c(C(F)(F)F)c1)C(=O)O)C(=O)N1CCC[C@H]1CC(N)=O. The highest BCUT2D eigenvalue weighted by atomic mass is 127. The predicted molar refractivity (Wildman–Crippen MR) is 205 cm³/mol. The highest BCUT2D eigenvalue weighted by molar-refractivity contribution is 14.1. The Balaban J connectivity index is 1.69. The van der Waals surface area contributed by atoms with Crippen LogP contribution in [0.5, 0.6) is 0 Å². The van der Waals surface area contributed by atoms with Gasteiger partial charge in [-0.25, -0.2) is 8.42 Å². The van der Waals surface area contributed by atoms with Crippen molar-refractivity contribution in [3.8, 4) is 0 Å². The number of hydrogen-bond acceptors (Lipinski definition) is 8. The Hall–Kier alpha value is -4.02. The zero-order valence-electron chi connectivity index (χ0n) is 30.5. The number of benzene rings is 2. The van der Waals surface area contributed by atoms with Gasteiger partial charge in [0.05, 0.1) is 22.0 Å². The van der Waals surface area contributed by atoms with Crippen LogP contribution in [-0.4, -0.2) is 91.2 Å². The van der Waals surface area contributed by atoms with Crippen LogP contribution in [0.3, 0.4) is 0 Å². The lowest BCUT2D eigenvalue weighted by molar-refractivity contribution is -0.141. The van der Waals surface area contributed by atoms with Crippen molar-refractivity contribution in [3.05, 3.63) is 62.2 Å². The summed E-state index contributed by atoms with van der Waals surface area (Å²) in [4.78, 5) is 77.5. The molecule has 0 unspecified atom stereocenters. The number of aliphatic carboxylic acids is 1. The first-order valence-electron chi connectivity index (χ1n) is 17.2. The van der Waals surface area contributed by atoms with Gasteiger partial charge >= 0.3 is 12.1 Å². The minimum atomic E-state index is -5.00. The molecule has 308 valence electrons. The lowest BCUT2D eigenvalue weighted by atomic mass is 9.85. The Morgan fingerprint density at radius 3 is 2.29 bits per heavy atom. The zero-order chi connectivity index (χ0) is 42.2. The van der Waals surface area contributed by atoms with Gasteiger partial charge in [0.25, 0.3) is 0 Å². The van der Waals surface area contributed by atoms with E-state index in [9.17, 15) is 55.5 Å². The standard InChI is InChI=1S/C35H43ClF3IN6O9S/c1-34(2,3)30(32(51)46-13-5-8-21(46)16-27(41)47)44-31(50)26(15-19-6-4-7-20(40)14-19)43-29(49)18-42-28(48)12-11-25(33(52)53)45-56(54,55)22-9-10-24(36)23(17-22)35(37,38)39/h4,6-7,9-10,14,17,21,25-26,30,45H,5,8,11-13,15-16,18H2,1-3H3,(H2,41,47)(H,42,48)(H,43,49)(H,44,50)(H,52,53)/t21-,25-,26-,30+/m0/s1. The Kier molecular flexibility index (Phi) is 16.1. The van der Waals surface area contributed by atoms with E-state index < -0.39 is 116 Å². The quantitative estimate of drug-likeness (QED) is 0.128. The number of alkyl halides is 3. The molecular weight excluding hydrogens is 900 g/mol. The number of carboxylic acid groups (broad SMARTS) is 1. The molecule has 0 saturated carbocycles. The summed E-state index contributed by atoms with van der Waals surface area (Å²) in [6.07, 6.45) is -5.11. The van der Waals surface area contributed by atoms with Gasteiger partial charge in [0.1, 0.15) is 18.1 Å². The molecule has 1 aliphatic rings. The van der Waals surface area contributed by atoms with E-state index in [2.05, 4.69) is 38.5 Å². The van der Waals surface area contributed by atoms with Crippen LogP contribution in [0.1, 0.15) is 64.0 Å². The third kappa shape index (κ3) is 13.6. The number of nitrogens with one attached hydrogen (secondary N) is 4. The number of primary amides is 1. The monoisotopic (exact) mass is 942 g/mol. The van der Waals surface area contributed by atoms with E-state index in [0.717, 1.165) is 9.64 Å². The highest BCUT2D eigenvalue weighted by Gasteiger charge is 2.41. The van der Waals surface area contributed by atoms with Crippen molar-refractivity contribution in [2.45, 2.75) is 94.5 Å². The molecule has 2 aromatic carbocycles. The smallest absolute Gasteiger partial charge is 0.417 e. The molecule has 0 spiro atoms. The van der Waals surface area contributed by atoms with Gasteiger partial charge < -0.3 is 31.7 Å². The number of amides is 5. The molecule has 1 fully saturated rings. The first-order valence-corrected chi connectivity index (χ1v) is 20.1. The number of carbonyl (C=O) groups excluding carboxylic acids is 5. The molecule has 0 aromatic heterocycles. The molecule has 1 aliphatic heterocycles. The van der Waals surface area contributed by atoms with Gasteiger partial charge in [-0.1, -0.05) is 44.5 Å². The molecule has 0 radical (unpaired) electrons. The summed E-state index contributed by atoms with van der Waals surface area (Å²) in [6.45, 7) is 4.93. The van der Waals surface area contributed by atoms with E-state index >= 15 is 0 Å². The van der Waals surface area contributed by atoms with E-state index in [4.69, 9.17) is 17.3 Å². The molecule has 1 heterocycles. The fourth-order valence-corrected chi connectivity index (χ4v) is 7.98. The number of rotatable bonds is 17. The number of halogens is 5. The van der Waals surface area contributed by atoms with Gasteiger partial charge in [0.15, 0.2) is 0 Å². The van der Waals surface area contributed by atoms with E-state index in [1.165, 1.54) is 4.90 Å². The fraction of sp³-hybridized carbons (Fsp3) is 0.486. The first-order chi connectivity index (χ1) is 25.9. The lowest BCUT2D eigenvalue weighted by Crippen LogP contribution is -2.60. The minimum Gasteiger partial charge on any atom is -0.480 e. The van der Waals surface area contributed by atoms with E-state index in [0.29, 0.717) is 31.0 Å². The Morgan fingerprint density at radius 1 is 1.02 bits per heavy atom. The molecule has 5 amide bonds. The third-order valence-electron chi connectivity index (χ3n) is 8.73. The maximum absolute atomic E-state index is 13.9. The Labute approximate surface area is 340 Å². The van der Waals surface area contributed by atoms with Crippen LogP contribution in [0, 0.1) is 8.99 Å². The second-order valence-corrected chi connectivity index (χ2v) is 17.6. The second kappa shape index (κ2) is 19.4. The Morgan fingerprint density at radius 2 is 1.70 bits per heavy atom. The van der Waals surface area contributed by atoms with Crippen molar-refractivity contribution in [2.24, 2.45) is 11.1 Å².